The molecule has 0 amide bonds. The molecule has 0 aliphatic heterocycles. The van der Waals surface area contributed by atoms with Gasteiger partial charge in [0.2, 0.25) is 7.00 Å². The SMILES string of the molecule is CCCN/C=C\C(C)(C)C(C)(C)BPOc1ccccc1. The van der Waals surface area contributed by atoms with Crippen LogP contribution in [0.5, 0.6) is 5.75 Å². The van der Waals surface area contributed by atoms with E-state index in [1.807, 2.05) is 30.3 Å². The molecule has 0 bridgehead atoms. The molecule has 1 atom stereocenters. The molecule has 1 aromatic carbocycles. The van der Waals surface area contributed by atoms with E-state index in [0.717, 1.165) is 25.7 Å². The van der Waals surface area contributed by atoms with Gasteiger partial charge in [0.05, 0.1) is 0 Å². The normalized spacial score (nSPS) is 13.0. The molecule has 0 aromatic heterocycles. The summed E-state index contributed by atoms with van der Waals surface area (Å²) in [4.78, 5) is 0. The lowest BCUT2D eigenvalue weighted by atomic mass is 9.55. The highest BCUT2D eigenvalue weighted by Gasteiger charge is 2.35. The lowest BCUT2D eigenvalue weighted by Crippen LogP contribution is -2.29. The van der Waals surface area contributed by atoms with Crippen molar-refractivity contribution in [3.8, 4) is 5.75 Å². The number of benzene rings is 1. The highest BCUT2D eigenvalue weighted by molar-refractivity contribution is 7.67. The summed E-state index contributed by atoms with van der Waals surface area (Å²) in [5.74, 6) is 0.963. The summed E-state index contributed by atoms with van der Waals surface area (Å²) in [6.07, 6.45) is 5.54. The largest absolute Gasteiger partial charge is 0.487 e. The van der Waals surface area contributed by atoms with Crippen LogP contribution in [0.3, 0.4) is 0 Å². The Balaban J connectivity index is 2.48. The molecule has 0 aliphatic carbocycles. The quantitative estimate of drug-likeness (QED) is 0.404. The predicted molar refractivity (Wildman–Crippen MR) is 97.8 cm³/mol. The summed E-state index contributed by atoms with van der Waals surface area (Å²) in [6.45, 7) is 13.5. The second-order valence-electron chi connectivity index (χ2n) is 6.63. The Morgan fingerprint density at radius 2 is 1.86 bits per heavy atom. The highest BCUT2D eigenvalue weighted by atomic mass is 31.1. The fourth-order valence-corrected chi connectivity index (χ4v) is 2.93. The first-order chi connectivity index (χ1) is 9.89. The lowest BCUT2D eigenvalue weighted by molar-refractivity contribution is 0.350. The van der Waals surface area contributed by atoms with E-state index in [1.54, 1.807) is 0 Å². The minimum Gasteiger partial charge on any atom is -0.487 e. The molecular formula is C17H29BNOP. The maximum atomic E-state index is 5.87. The maximum Gasteiger partial charge on any atom is 0.205 e. The van der Waals surface area contributed by atoms with Crippen molar-refractivity contribution in [1.29, 1.82) is 0 Å². The monoisotopic (exact) mass is 305 g/mol. The molecule has 2 nitrogen and oxygen atoms in total. The molecule has 4 heteroatoms. The van der Waals surface area contributed by atoms with E-state index in [9.17, 15) is 0 Å². The van der Waals surface area contributed by atoms with Crippen LogP contribution in [0.15, 0.2) is 42.6 Å². The van der Waals surface area contributed by atoms with Crippen molar-refractivity contribution >= 4 is 15.7 Å². The van der Waals surface area contributed by atoms with Crippen molar-refractivity contribution < 1.29 is 4.52 Å². The maximum absolute atomic E-state index is 5.87. The van der Waals surface area contributed by atoms with E-state index in [-0.39, 0.29) is 10.7 Å². The fourth-order valence-electron chi connectivity index (χ4n) is 1.74. The zero-order valence-corrected chi connectivity index (χ0v) is 15.1. The van der Waals surface area contributed by atoms with Crippen molar-refractivity contribution in [2.45, 2.75) is 46.4 Å². The van der Waals surface area contributed by atoms with Crippen molar-refractivity contribution in [3.05, 3.63) is 42.6 Å². The Morgan fingerprint density at radius 3 is 2.48 bits per heavy atom. The van der Waals surface area contributed by atoms with Crippen LogP contribution < -0.4 is 9.84 Å². The summed E-state index contributed by atoms with van der Waals surface area (Å²) in [5, 5.41) is 3.52. The summed E-state index contributed by atoms with van der Waals surface area (Å²) >= 11 is 0. The van der Waals surface area contributed by atoms with Crippen LogP contribution in [0, 0.1) is 5.41 Å². The zero-order valence-electron chi connectivity index (χ0n) is 14.1. The zero-order chi connectivity index (χ0) is 15.8. The topological polar surface area (TPSA) is 21.3 Å². The van der Waals surface area contributed by atoms with E-state index >= 15 is 0 Å². The van der Waals surface area contributed by atoms with Crippen molar-refractivity contribution in [2.24, 2.45) is 5.41 Å². The minimum absolute atomic E-state index is 0.126. The Morgan fingerprint density at radius 1 is 1.19 bits per heavy atom. The average Bonchev–Trinajstić information content (AvgIpc) is 2.44. The van der Waals surface area contributed by atoms with Gasteiger partial charge < -0.3 is 9.84 Å². The summed E-state index contributed by atoms with van der Waals surface area (Å²) in [7, 11) is 0.486. The third-order valence-electron chi connectivity index (χ3n) is 4.20. The van der Waals surface area contributed by atoms with Gasteiger partial charge >= 0.3 is 0 Å². The second kappa shape index (κ2) is 8.49. The average molecular weight is 305 g/mol. The molecule has 1 aromatic rings. The Kier molecular flexibility index (Phi) is 7.32. The molecule has 0 spiro atoms. The number of para-hydroxylation sites is 1. The molecule has 0 aliphatic rings. The molecule has 0 saturated heterocycles. The molecule has 0 radical (unpaired) electrons. The first kappa shape index (κ1) is 18.1. The fraction of sp³-hybridized carbons (Fsp3) is 0.529. The minimum atomic E-state index is 0.126. The van der Waals surface area contributed by atoms with Gasteiger partial charge in [-0.3, -0.25) is 0 Å². The van der Waals surface area contributed by atoms with E-state index in [0.29, 0.717) is 8.69 Å². The Bertz CT molecular complexity index is 432. The van der Waals surface area contributed by atoms with Gasteiger partial charge in [0.1, 0.15) is 5.75 Å². The Labute approximate surface area is 132 Å². The molecule has 1 unspecified atom stereocenters. The number of nitrogens with one attached hydrogen (secondary N) is 1. The lowest BCUT2D eigenvalue weighted by Gasteiger charge is -2.39. The van der Waals surface area contributed by atoms with Gasteiger partial charge in [0, 0.05) is 15.2 Å². The van der Waals surface area contributed by atoms with Gasteiger partial charge in [-0.2, -0.15) is 0 Å². The smallest absolute Gasteiger partial charge is 0.205 e. The molecule has 1 rings (SSSR count). The molecule has 0 saturated carbocycles. The number of allylic oxidation sites excluding steroid dienone is 1. The Hall–Kier alpha value is -0.945. The van der Waals surface area contributed by atoms with E-state index in [1.165, 1.54) is 0 Å². The van der Waals surface area contributed by atoms with E-state index in [4.69, 9.17) is 4.52 Å². The third kappa shape index (κ3) is 6.14. The summed E-state index contributed by atoms with van der Waals surface area (Å²) < 4.78 is 5.87. The van der Waals surface area contributed by atoms with Crippen LogP contribution in [0.2, 0.25) is 5.31 Å². The molecule has 0 heterocycles. The van der Waals surface area contributed by atoms with E-state index < -0.39 is 0 Å². The van der Waals surface area contributed by atoms with Crippen LogP contribution in [-0.2, 0) is 0 Å². The van der Waals surface area contributed by atoms with Gasteiger partial charge in [-0.25, -0.2) is 0 Å². The van der Waals surface area contributed by atoms with Gasteiger partial charge in [-0.15, -0.1) is 0 Å². The predicted octanol–water partition coefficient (Wildman–Crippen LogP) is 4.75. The van der Waals surface area contributed by atoms with Crippen LogP contribution in [0.25, 0.3) is 0 Å². The molecule has 21 heavy (non-hydrogen) atoms. The van der Waals surface area contributed by atoms with Crippen LogP contribution in [0.4, 0.5) is 0 Å². The van der Waals surface area contributed by atoms with Gasteiger partial charge in [0.15, 0.2) is 0 Å². The van der Waals surface area contributed by atoms with Crippen LogP contribution in [-0.4, -0.2) is 13.5 Å². The summed E-state index contributed by atoms with van der Waals surface area (Å²) in [6, 6.07) is 10.1. The first-order valence-electron chi connectivity index (χ1n) is 7.75. The molecule has 0 fully saturated rings. The standard InChI is InChI=1S/C17H29BNOP/c1-6-13-19-14-12-16(2,3)17(4,5)18-21-20-15-10-8-7-9-11-15/h7-12,14,18-19,21H,6,13H2,1-5H3/b14-12-. The number of rotatable bonds is 9. The highest BCUT2D eigenvalue weighted by Crippen LogP contribution is 2.48. The van der Waals surface area contributed by atoms with Crippen molar-refractivity contribution in [1.82, 2.24) is 5.32 Å². The van der Waals surface area contributed by atoms with Gasteiger partial charge in [-0.1, -0.05) is 58.9 Å². The number of hydrogen-bond donors (Lipinski definition) is 1. The van der Waals surface area contributed by atoms with Crippen molar-refractivity contribution in [3.63, 3.8) is 0 Å². The molecular weight excluding hydrogens is 276 g/mol. The molecule has 1 N–H and O–H groups in total. The van der Waals surface area contributed by atoms with Crippen LogP contribution >= 0.6 is 8.69 Å². The van der Waals surface area contributed by atoms with E-state index in [2.05, 4.69) is 52.2 Å². The van der Waals surface area contributed by atoms with Gasteiger partial charge in [0.25, 0.3) is 0 Å². The second-order valence-corrected chi connectivity index (χ2v) is 7.48. The van der Waals surface area contributed by atoms with Crippen molar-refractivity contribution in [2.75, 3.05) is 6.54 Å². The summed E-state index contributed by atoms with van der Waals surface area (Å²) in [5.41, 5.74) is 0.126. The third-order valence-corrected chi connectivity index (χ3v) is 5.61. The van der Waals surface area contributed by atoms with Crippen LogP contribution in [0.1, 0.15) is 41.0 Å². The number of hydrogen-bond acceptors (Lipinski definition) is 2. The molecule has 116 valence electrons. The van der Waals surface area contributed by atoms with Gasteiger partial charge in [-0.05, 0) is 35.5 Å². The first-order valence-corrected chi connectivity index (χ1v) is 8.86.